The lowest BCUT2D eigenvalue weighted by Crippen LogP contribution is -2.11. The van der Waals surface area contributed by atoms with Crippen molar-refractivity contribution in [2.45, 2.75) is 33.9 Å². The van der Waals surface area contributed by atoms with E-state index in [1.807, 2.05) is 13.1 Å². The van der Waals surface area contributed by atoms with E-state index < -0.39 is 0 Å². The van der Waals surface area contributed by atoms with Crippen LogP contribution in [0.4, 0.5) is 5.69 Å². The van der Waals surface area contributed by atoms with Crippen molar-refractivity contribution in [3.63, 3.8) is 0 Å². The number of nitro groups is 1. The normalized spacial score (nSPS) is 10.8. The lowest BCUT2D eigenvalue weighted by atomic mass is 10.1. The van der Waals surface area contributed by atoms with Crippen molar-refractivity contribution in [1.82, 2.24) is 20.1 Å². The predicted octanol–water partition coefficient (Wildman–Crippen LogP) is 1.96. The lowest BCUT2D eigenvalue weighted by Gasteiger charge is -2.07. The van der Waals surface area contributed by atoms with Crippen molar-refractivity contribution < 1.29 is 4.92 Å². The molecule has 112 valence electrons. The van der Waals surface area contributed by atoms with E-state index in [1.54, 1.807) is 30.9 Å². The van der Waals surface area contributed by atoms with E-state index in [-0.39, 0.29) is 10.6 Å². The minimum absolute atomic E-state index is 0.139. The molecule has 7 nitrogen and oxygen atoms in total. The van der Waals surface area contributed by atoms with E-state index in [1.165, 1.54) is 0 Å². The monoisotopic (exact) mass is 289 g/mol. The largest absolute Gasteiger partial charge is 0.313 e. The van der Waals surface area contributed by atoms with Gasteiger partial charge in [0.15, 0.2) is 0 Å². The SMILES string of the molecule is CCNCc1cnn(Cc2ncc(C)c([N+](=O)[O-])c2C)c1. The standard InChI is InChI=1S/C14H19N5O2/c1-4-15-6-12-7-17-18(8-12)9-13-11(3)14(19(20)21)10(2)5-16-13/h5,7-8,15H,4,6,9H2,1-3H3. The minimum atomic E-state index is -0.352. The Labute approximate surface area is 123 Å². The summed E-state index contributed by atoms with van der Waals surface area (Å²) in [7, 11) is 0. The topological polar surface area (TPSA) is 85.9 Å². The highest BCUT2D eigenvalue weighted by molar-refractivity contribution is 5.47. The Morgan fingerprint density at radius 1 is 1.38 bits per heavy atom. The van der Waals surface area contributed by atoms with Crippen LogP contribution in [-0.2, 0) is 13.1 Å². The molecule has 0 radical (unpaired) electrons. The number of pyridine rings is 1. The summed E-state index contributed by atoms with van der Waals surface area (Å²) in [6.45, 7) is 7.57. The predicted molar refractivity (Wildman–Crippen MR) is 79.1 cm³/mol. The summed E-state index contributed by atoms with van der Waals surface area (Å²) < 4.78 is 1.75. The number of aromatic nitrogens is 3. The second kappa shape index (κ2) is 6.45. The Balaban J connectivity index is 2.22. The van der Waals surface area contributed by atoms with Crippen molar-refractivity contribution >= 4 is 5.69 Å². The van der Waals surface area contributed by atoms with E-state index in [4.69, 9.17) is 0 Å². The maximum atomic E-state index is 11.1. The summed E-state index contributed by atoms with van der Waals surface area (Å²) in [4.78, 5) is 15.1. The van der Waals surface area contributed by atoms with Crippen LogP contribution in [0.15, 0.2) is 18.6 Å². The molecule has 0 bridgehead atoms. The molecular weight excluding hydrogens is 270 g/mol. The number of hydrogen-bond acceptors (Lipinski definition) is 5. The molecule has 1 N–H and O–H groups in total. The maximum absolute atomic E-state index is 11.1. The quantitative estimate of drug-likeness (QED) is 0.649. The van der Waals surface area contributed by atoms with Crippen molar-refractivity contribution in [2.24, 2.45) is 0 Å². The zero-order valence-corrected chi connectivity index (χ0v) is 12.5. The van der Waals surface area contributed by atoms with Crippen LogP contribution in [0, 0.1) is 24.0 Å². The number of rotatable bonds is 6. The first-order valence-corrected chi connectivity index (χ1v) is 6.84. The van der Waals surface area contributed by atoms with Crippen LogP contribution >= 0.6 is 0 Å². The van der Waals surface area contributed by atoms with Gasteiger partial charge in [0, 0.05) is 30.1 Å². The Morgan fingerprint density at radius 2 is 2.14 bits per heavy atom. The van der Waals surface area contributed by atoms with E-state index >= 15 is 0 Å². The van der Waals surface area contributed by atoms with Gasteiger partial charge in [-0.3, -0.25) is 19.8 Å². The molecule has 0 aliphatic rings. The van der Waals surface area contributed by atoms with Gasteiger partial charge in [0.05, 0.1) is 28.9 Å². The molecule has 2 heterocycles. The molecule has 7 heteroatoms. The number of nitrogens with one attached hydrogen (secondary N) is 1. The molecule has 2 aromatic heterocycles. The maximum Gasteiger partial charge on any atom is 0.278 e. The summed E-state index contributed by atoms with van der Waals surface area (Å²) in [6, 6.07) is 0. The Morgan fingerprint density at radius 3 is 2.81 bits per heavy atom. The van der Waals surface area contributed by atoms with E-state index in [2.05, 4.69) is 15.4 Å². The molecule has 2 rings (SSSR count). The summed E-state index contributed by atoms with van der Waals surface area (Å²) in [5.74, 6) is 0. The molecule has 0 saturated heterocycles. The van der Waals surface area contributed by atoms with Crippen molar-refractivity contribution in [3.8, 4) is 0 Å². The molecule has 0 saturated carbocycles. The third-order valence-electron chi connectivity index (χ3n) is 3.34. The number of hydrogen-bond donors (Lipinski definition) is 1. The smallest absolute Gasteiger partial charge is 0.278 e. The molecular formula is C14H19N5O2. The summed E-state index contributed by atoms with van der Waals surface area (Å²) >= 11 is 0. The fraction of sp³-hybridized carbons (Fsp3) is 0.429. The fourth-order valence-electron chi connectivity index (χ4n) is 2.21. The average Bonchev–Trinajstić information content (AvgIpc) is 2.87. The van der Waals surface area contributed by atoms with Gasteiger partial charge in [-0.2, -0.15) is 5.10 Å². The van der Waals surface area contributed by atoms with Gasteiger partial charge in [-0.1, -0.05) is 6.92 Å². The van der Waals surface area contributed by atoms with Gasteiger partial charge >= 0.3 is 0 Å². The molecule has 0 unspecified atom stereocenters. The number of aryl methyl sites for hydroxylation is 1. The molecule has 0 aliphatic carbocycles. The van der Waals surface area contributed by atoms with Crippen molar-refractivity contribution in [2.75, 3.05) is 6.54 Å². The molecule has 0 amide bonds. The second-order valence-electron chi connectivity index (χ2n) is 4.95. The molecule has 0 spiro atoms. The van der Waals surface area contributed by atoms with Crippen LogP contribution in [0.3, 0.4) is 0 Å². The van der Waals surface area contributed by atoms with Gasteiger partial charge in [0.1, 0.15) is 0 Å². The van der Waals surface area contributed by atoms with Gasteiger partial charge < -0.3 is 5.32 Å². The first kappa shape index (κ1) is 15.1. The molecule has 0 fully saturated rings. The Kier molecular flexibility index (Phi) is 4.64. The van der Waals surface area contributed by atoms with Gasteiger partial charge in [-0.15, -0.1) is 0 Å². The van der Waals surface area contributed by atoms with Crippen LogP contribution in [-0.4, -0.2) is 26.2 Å². The Bertz CT molecular complexity index is 651. The fourth-order valence-corrected chi connectivity index (χ4v) is 2.21. The summed E-state index contributed by atoms with van der Waals surface area (Å²) in [6.07, 6.45) is 5.26. The van der Waals surface area contributed by atoms with Gasteiger partial charge in [0.2, 0.25) is 0 Å². The highest BCUT2D eigenvalue weighted by Gasteiger charge is 2.18. The van der Waals surface area contributed by atoms with Crippen molar-refractivity contribution in [3.05, 3.63) is 51.1 Å². The highest BCUT2D eigenvalue weighted by Crippen LogP contribution is 2.24. The molecule has 21 heavy (non-hydrogen) atoms. The Hall–Kier alpha value is -2.28. The minimum Gasteiger partial charge on any atom is -0.313 e. The molecule has 0 atom stereocenters. The molecule has 0 aromatic carbocycles. The van der Waals surface area contributed by atoms with Gasteiger partial charge in [0.25, 0.3) is 5.69 Å². The highest BCUT2D eigenvalue weighted by atomic mass is 16.6. The van der Waals surface area contributed by atoms with E-state index in [9.17, 15) is 10.1 Å². The zero-order valence-electron chi connectivity index (χ0n) is 12.5. The zero-order chi connectivity index (χ0) is 15.4. The second-order valence-corrected chi connectivity index (χ2v) is 4.95. The average molecular weight is 289 g/mol. The van der Waals surface area contributed by atoms with Crippen LogP contribution < -0.4 is 5.32 Å². The van der Waals surface area contributed by atoms with Crippen LogP contribution in [0.5, 0.6) is 0 Å². The van der Waals surface area contributed by atoms with Crippen LogP contribution in [0.2, 0.25) is 0 Å². The lowest BCUT2D eigenvalue weighted by molar-refractivity contribution is -0.386. The number of nitrogens with zero attached hydrogens (tertiary/aromatic N) is 4. The first-order valence-electron chi connectivity index (χ1n) is 6.84. The summed E-state index contributed by atoms with van der Waals surface area (Å²) in [5.41, 5.74) is 3.07. The van der Waals surface area contributed by atoms with Gasteiger partial charge in [-0.05, 0) is 20.4 Å². The third kappa shape index (κ3) is 3.43. The van der Waals surface area contributed by atoms with Crippen molar-refractivity contribution in [1.29, 1.82) is 0 Å². The van der Waals surface area contributed by atoms with Gasteiger partial charge in [-0.25, -0.2) is 0 Å². The first-order chi connectivity index (χ1) is 10.0. The van der Waals surface area contributed by atoms with Crippen LogP contribution in [0.1, 0.15) is 29.3 Å². The van der Waals surface area contributed by atoms with Crippen LogP contribution in [0.25, 0.3) is 0 Å². The summed E-state index contributed by atoms with van der Waals surface area (Å²) in [5, 5.41) is 18.6. The van der Waals surface area contributed by atoms with E-state index in [0.717, 1.165) is 18.7 Å². The molecule has 2 aromatic rings. The third-order valence-corrected chi connectivity index (χ3v) is 3.34. The van der Waals surface area contributed by atoms with E-state index in [0.29, 0.717) is 23.4 Å². The molecule has 0 aliphatic heterocycles.